The Morgan fingerprint density at radius 1 is 1.30 bits per heavy atom. The largest absolute Gasteiger partial charge is 0.398 e. The van der Waals surface area contributed by atoms with Crippen molar-refractivity contribution in [3.05, 3.63) is 51.7 Å². The SMILES string of the molecule is Cc1cccc(N)c1C(=O)N(Cc1cccs1)C(C)C. The van der Waals surface area contributed by atoms with Crippen LogP contribution in [0.2, 0.25) is 0 Å². The lowest BCUT2D eigenvalue weighted by Crippen LogP contribution is -2.37. The van der Waals surface area contributed by atoms with E-state index in [0.717, 1.165) is 5.56 Å². The maximum atomic E-state index is 12.8. The maximum absolute atomic E-state index is 12.8. The Balaban J connectivity index is 2.32. The molecule has 106 valence electrons. The average molecular weight is 288 g/mol. The first-order chi connectivity index (χ1) is 9.50. The van der Waals surface area contributed by atoms with E-state index in [1.165, 1.54) is 4.88 Å². The molecule has 2 rings (SSSR count). The van der Waals surface area contributed by atoms with Gasteiger partial charge in [-0.3, -0.25) is 4.79 Å². The lowest BCUT2D eigenvalue weighted by atomic mass is 10.0. The second kappa shape index (κ2) is 6.09. The molecular formula is C16H20N2OS. The third-order valence-corrected chi connectivity index (χ3v) is 4.17. The first kappa shape index (κ1) is 14.6. The molecule has 4 heteroatoms. The Morgan fingerprint density at radius 2 is 2.05 bits per heavy atom. The number of anilines is 1. The molecule has 0 fully saturated rings. The number of nitrogens with zero attached hydrogens (tertiary/aromatic N) is 1. The zero-order chi connectivity index (χ0) is 14.7. The predicted octanol–water partition coefficient (Wildman–Crippen LogP) is 3.69. The minimum absolute atomic E-state index is 0.00370. The predicted molar refractivity (Wildman–Crippen MR) is 84.9 cm³/mol. The molecule has 3 nitrogen and oxygen atoms in total. The van der Waals surface area contributed by atoms with Crippen molar-refractivity contribution < 1.29 is 4.79 Å². The van der Waals surface area contributed by atoms with Crippen LogP contribution in [0.3, 0.4) is 0 Å². The van der Waals surface area contributed by atoms with Gasteiger partial charge in [0.15, 0.2) is 0 Å². The highest BCUT2D eigenvalue weighted by Gasteiger charge is 2.22. The van der Waals surface area contributed by atoms with Crippen molar-refractivity contribution >= 4 is 22.9 Å². The maximum Gasteiger partial charge on any atom is 0.256 e. The normalized spacial score (nSPS) is 10.8. The van der Waals surface area contributed by atoms with Crippen LogP contribution in [0.4, 0.5) is 5.69 Å². The van der Waals surface area contributed by atoms with Gasteiger partial charge in [-0.05, 0) is 43.8 Å². The van der Waals surface area contributed by atoms with Crippen molar-refractivity contribution in [3.63, 3.8) is 0 Å². The summed E-state index contributed by atoms with van der Waals surface area (Å²) in [4.78, 5) is 15.9. The Bertz CT molecular complexity index is 570. The average Bonchev–Trinajstić information content (AvgIpc) is 2.88. The summed E-state index contributed by atoms with van der Waals surface area (Å²) in [5.41, 5.74) is 8.08. The molecule has 0 saturated carbocycles. The van der Waals surface area contributed by atoms with Gasteiger partial charge < -0.3 is 10.6 Å². The fraction of sp³-hybridized carbons (Fsp3) is 0.312. The number of aryl methyl sites for hydroxylation is 1. The van der Waals surface area contributed by atoms with Crippen molar-refractivity contribution in [3.8, 4) is 0 Å². The van der Waals surface area contributed by atoms with Crippen molar-refractivity contribution in [2.24, 2.45) is 0 Å². The van der Waals surface area contributed by atoms with Gasteiger partial charge in [-0.1, -0.05) is 18.2 Å². The lowest BCUT2D eigenvalue weighted by Gasteiger charge is -2.27. The second-order valence-electron chi connectivity index (χ2n) is 5.15. The van der Waals surface area contributed by atoms with Crippen LogP contribution in [0.15, 0.2) is 35.7 Å². The van der Waals surface area contributed by atoms with E-state index in [2.05, 4.69) is 6.07 Å². The number of rotatable bonds is 4. The molecule has 1 heterocycles. The van der Waals surface area contributed by atoms with Crippen LogP contribution < -0.4 is 5.73 Å². The zero-order valence-electron chi connectivity index (χ0n) is 12.1. The number of hydrogen-bond donors (Lipinski definition) is 1. The van der Waals surface area contributed by atoms with Gasteiger partial charge in [0.1, 0.15) is 0 Å². The van der Waals surface area contributed by atoms with Crippen LogP contribution in [0.1, 0.15) is 34.6 Å². The van der Waals surface area contributed by atoms with Gasteiger partial charge in [0.25, 0.3) is 5.91 Å². The Kier molecular flexibility index (Phi) is 4.45. The third-order valence-electron chi connectivity index (χ3n) is 3.31. The second-order valence-corrected chi connectivity index (χ2v) is 6.18. The summed E-state index contributed by atoms with van der Waals surface area (Å²) in [6.07, 6.45) is 0. The van der Waals surface area contributed by atoms with E-state index in [4.69, 9.17) is 5.73 Å². The van der Waals surface area contributed by atoms with E-state index < -0.39 is 0 Å². The molecule has 1 amide bonds. The Morgan fingerprint density at radius 3 is 2.60 bits per heavy atom. The first-order valence-electron chi connectivity index (χ1n) is 6.69. The van der Waals surface area contributed by atoms with E-state index in [1.54, 1.807) is 17.4 Å². The fourth-order valence-electron chi connectivity index (χ4n) is 2.19. The van der Waals surface area contributed by atoms with Gasteiger partial charge in [-0.2, -0.15) is 0 Å². The van der Waals surface area contributed by atoms with Crippen molar-refractivity contribution in [1.29, 1.82) is 0 Å². The van der Waals surface area contributed by atoms with Crippen LogP contribution in [-0.4, -0.2) is 16.8 Å². The molecule has 0 aliphatic carbocycles. The molecule has 20 heavy (non-hydrogen) atoms. The molecule has 2 aromatic rings. The number of nitrogens with two attached hydrogens (primary N) is 1. The molecule has 0 spiro atoms. The number of carbonyl (C=O) groups excluding carboxylic acids is 1. The molecule has 0 bridgehead atoms. The minimum Gasteiger partial charge on any atom is -0.398 e. The fourth-order valence-corrected chi connectivity index (χ4v) is 2.89. The summed E-state index contributed by atoms with van der Waals surface area (Å²) in [5, 5.41) is 2.03. The Labute approximate surface area is 124 Å². The van der Waals surface area contributed by atoms with E-state index in [0.29, 0.717) is 17.8 Å². The standard InChI is InChI=1S/C16H20N2OS/c1-11(2)18(10-13-7-5-9-20-13)16(19)15-12(3)6-4-8-14(15)17/h4-9,11H,10,17H2,1-3H3. The number of benzene rings is 1. The lowest BCUT2D eigenvalue weighted by molar-refractivity contribution is 0.0693. The number of carbonyl (C=O) groups is 1. The number of nitrogen functional groups attached to an aromatic ring is 1. The van der Waals surface area contributed by atoms with E-state index in [9.17, 15) is 4.79 Å². The Hall–Kier alpha value is -1.81. The molecule has 0 aliphatic rings. The van der Waals surface area contributed by atoms with Crippen LogP contribution in [0.5, 0.6) is 0 Å². The van der Waals surface area contributed by atoms with Gasteiger partial charge in [0.2, 0.25) is 0 Å². The topological polar surface area (TPSA) is 46.3 Å². The van der Waals surface area contributed by atoms with Crippen LogP contribution >= 0.6 is 11.3 Å². The molecule has 0 saturated heterocycles. The van der Waals surface area contributed by atoms with Crippen LogP contribution in [-0.2, 0) is 6.54 Å². The summed E-state index contributed by atoms with van der Waals surface area (Å²) in [7, 11) is 0. The highest BCUT2D eigenvalue weighted by Crippen LogP contribution is 2.22. The molecule has 0 atom stereocenters. The van der Waals surface area contributed by atoms with Gasteiger partial charge in [0, 0.05) is 16.6 Å². The van der Waals surface area contributed by atoms with E-state index in [1.807, 2.05) is 49.3 Å². The molecule has 0 aliphatic heterocycles. The zero-order valence-corrected chi connectivity index (χ0v) is 12.9. The summed E-state index contributed by atoms with van der Waals surface area (Å²) in [6.45, 7) is 6.61. The minimum atomic E-state index is 0.00370. The van der Waals surface area contributed by atoms with Crippen LogP contribution in [0.25, 0.3) is 0 Å². The summed E-state index contributed by atoms with van der Waals surface area (Å²) < 4.78 is 0. The van der Waals surface area contributed by atoms with Gasteiger partial charge in [-0.25, -0.2) is 0 Å². The number of thiophene rings is 1. The van der Waals surface area contributed by atoms with Crippen molar-refractivity contribution in [2.45, 2.75) is 33.4 Å². The number of amides is 1. The van der Waals surface area contributed by atoms with Gasteiger partial charge in [0.05, 0.1) is 12.1 Å². The number of hydrogen-bond acceptors (Lipinski definition) is 3. The highest BCUT2D eigenvalue weighted by atomic mass is 32.1. The van der Waals surface area contributed by atoms with E-state index >= 15 is 0 Å². The highest BCUT2D eigenvalue weighted by molar-refractivity contribution is 7.09. The molecule has 1 aromatic heterocycles. The molecule has 2 N–H and O–H groups in total. The van der Waals surface area contributed by atoms with Gasteiger partial charge >= 0.3 is 0 Å². The monoisotopic (exact) mass is 288 g/mol. The third kappa shape index (κ3) is 3.02. The van der Waals surface area contributed by atoms with Crippen LogP contribution in [0, 0.1) is 6.92 Å². The summed E-state index contributed by atoms with van der Waals surface area (Å²) in [5.74, 6) is 0.00370. The molecule has 0 radical (unpaired) electrons. The summed E-state index contributed by atoms with van der Waals surface area (Å²) >= 11 is 1.66. The molecular weight excluding hydrogens is 268 g/mol. The smallest absolute Gasteiger partial charge is 0.256 e. The van der Waals surface area contributed by atoms with Crippen molar-refractivity contribution in [2.75, 3.05) is 5.73 Å². The van der Waals surface area contributed by atoms with Gasteiger partial charge in [-0.15, -0.1) is 11.3 Å². The quantitative estimate of drug-likeness (QED) is 0.872. The van der Waals surface area contributed by atoms with Crippen molar-refractivity contribution in [1.82, 2.24) is 4.90 Å². The van der Waals surface area contributed by atoms with E-state index in [-0.39, 0.29) is 11.9 Å². The first-order valence-corrected chi connectivity index (χ1v) is 7.57. The summed E-state index contributed by atoms with van der Waals surface area (Å²) in [6, 6.07) is 9.76. The molecule has 0 unspecified atom stereocenters. The molecule has 1 aromatic carbocycles.